The third-order valence-electron chi connectivity index (χ3n) is 4.99. The molecule has 3 aromatic rings. The van der Waals surface area contributed by atoms with Crippen LogP contribution in [0, 0.1) is 5.82 Å². The van der Waals surface area contributed by atoms with Gasteiger partial charge in [-0.3, -0.25) is 4.79 Å². The Labute approximate surface area is 142 Å². The number of piperazine rings is 1. The topological polar surface area (TPSA) is 66.6 Å². The number of anilines is 1. The van der Waals surface area contributed by atoms with Crippen molar-refractivity contribution < 1.29 is 9.18 Å². The van der Waals surface area contributed by atoms with Crippen LogP contribution in [0.2, 0.25) is 0 Å². The molecule has 2 atom stereocenters. The molecule has 2 unspecified atom stereocenters. The Bertz CT molecular complexity index is 943. The maximum absolute atomic E-state index is 13.1. The van der Waals surface area contributed by atoms with Gasteiger partial charge in [0, 0.05) is 18.7 Å². The van der Waals surface area contributed by atoms with E-state index in [-0.39, 0.29) is 23.8 Å². The van der Waals surface area contributed by atoms with Gasteiger partial charge in [-0.05, 0) is 42.8 Å². The summed E-state index contributed by atoms with van der Waals surface area (Å²) in [6.45, 7) is 1.48. The number of nitrogens with zero attached hydrogens (tertiary/aromatic N) is 6. The predicted octanol–water partition coefficient (Wildman–Crippen LogP) is 1.37. The molecule has 8 heteroatoms. The number of hydrogen-bond acceptors (Lipinski definition) is 5. The standard InChI is InChI=1S/C17H15FN6O/c18-12-3-1-11(2-4-12)17(25)24-13-7-14(24)9-22(8-13)16-6-5-15-20-19-10-23(15)21-16/h1-6,10,13-14H,7-9H2. The maximum atomic E-state index is 13.1. The number of hydrogen-bond donors (Lipinski definition) is 0. The van der Waals surface area contributed by atoms with E-state index in [1.54, 1.807) is 23.0 Å². The Morgan fingerprint density at radius 2 is 1.84 bits per heavy atom. The monoisotopic (exact) mass is 338 g/mol. The van der Waals surface area contributed by atoms with Gasteiger partial charge in [0.1, 0.15) is 18.0 Å². The second-order valence-corrected chi connectivity index (χ2v) is 6.49. The number of fused-ring (bicyclic) bond motifs is 3. The second-order valence-electron chi connectivity index (χ2n) is 6.49. The lowest BCUT2D eigenvalue weighted by atomic mass is 9.86. The maximum Gasteiger partial charge on any atom is 0.254 e. The van der Waals surface area contributed by atoms with E-state index < -0.39 is 0 Å². The summed E-state index contributed by atoms with van der Waals surface area (Å²) >= 11 is 0. The summed E-state index contributed by atoms with van der Waals surface area (Å²) in [6, 6.07) is 9.89. The van der Waals surface area contributed by atoms with Crippen molar-refractivity contribution in [1.29, 1.82) is 0 Å². The summed E-state index contributed by atoms with van der Waals surface area (Å²) in [5, 5.41) is 12.3. The van der Waals surface area contributed by atoms with Crippen LogP contribution in [-0.2, 0) is 0 Å². The molecule has 6 rings (SSSR count). The molecule has 2 aromatic heterocycles. The number of carbonyl (C=O) groups excluding carboxylic acids is 1. The lowest BCUT2D eigenvalue weighted by Gasteiger charge is -2.56. The Hall–Kier alpha value is -3.03. The van der Waals surface area contributed by atoms with Crippen LogP contribution < -0.4 is 4.90 Å². The summed E-state index contributed by atoms with van der Waals surface area (Å²) in [6.07, 6.45) is 2.58. The number of benzene rings is 1. The number of piperidine rings is 1. The Morgan fingerprint density at radius 3 is 2.60 bits per heavy atom. The minimum atomic E-state index is -0.331. The van der Waals surface area contributed by atoms with Gasteiger partial charge in [0.2, 0.25) is 0 Å². The van der Waals surface area contributed by atoms with E-state index in [1.165, 1.54) is 12.1 Å². The highest BCUT2D eigenvalue weighted by atomic mass is 19.1. The third-order valence-corrected chi connectivity index (χ3v) is 4.99. The van der Waals surface area contributed by atoms with Gasteiger partial charge >= 0.3 is 0 Å². The quantitative estimate of drug-likeness (QED) is 0.706. The first kappa shape index (κ1) is 14.3. The first-order valence-electron chi connectivity index (χ1n) is 8.19. The van der Waals surface area contributed by atoms with Crippen molar-refractivity contribution >= 4 is 17.4 Å². The number of halogens is 1. The van der Waals surface area contributed by atoms with Crippen LogP contribution in [0.5, 0.6) is 0 Å². The van der Waals surface area contributed by atoms with Crippen LogP contribution >= 0.6 is 0 Å². The zero-order chi connectivity index (χ0) is 17.0. The normalized spacial score (nSPS) is 22.1. The molecule has 3 aliphatic rings. The van der Waals surface area contributed by atoms with Gasteiger partial charge in [0.25, 0.3) is 5.91 Å². The lowest BCUT2D eigenvalue weighted by molar-refractivity contribution is 0.00572. The molecule has 3 saturated heterocycles. The fourth-order valence-electron chi connectivity index (χ4n) is 3.76. The second kappa shape index (κ2) is 5.23. The smallest absolute Gasteiger partial charge is 0.254 e. The van der Waals surface area contributed by atoms with Gasteiger partial charge in [-0.1, -0.05) is 0 Å². The Kier molecular flexibility index (Phi) is 3.00. The van der Waals surface area contributed by atoms with E-state index in [0.29, 0.717) is 11.2 Å². The fraction of sp³-hybridized carbons (Fsp3) is 0.294. The molecular formula is C17H15FN6O. The van der Waals surface area contributed by atoms with E-state index in [9.17, 15) is 9.18 Å². The van der Waals surface area contributed by atoms with Gasteiger partial charge in [0.15, 0.2) is 5.65 Å². The van der Waals surface area contributed by atoms with Gasteiger partial charge in [-0.15, -0.1) is 15.3 Å². The van der Waals surface area contributed by atoms with Crippen molar-refractivity contribution in [1.82, 2.24) is 24.7 Å². The number of carbonyl (C=O) groups is 1. The Morgan fingerprint density at radius 1 is 1.08 bits per heavy atom. The van der Waals surface area contributed by atoms with Gasteiger partial charge in [-0.2, -0.15) is 4.52 Å². The largest absolute Gasteiger partial charge is 0.351 e. The minimum absolute atomic E-state index is 0.0249. The molecule has 25 heavy (non-hydrogen) atoms. The van der Waals surface area contributed by atoms with Crippen LogP contribution in [-0.4, -0.2) is 55.8 Å². The first-order valence-corrected chi connectivity index (χ1v) is 8.19. The molecule has 0 radical (unpaired) electrons. The lowest BCUT2D eigenvalue weighted by Crippen LogP contribution is -2.70. The van der Waals surface area contributed by atoms with Crippen molar-refractivity contribution in [3.8, 4) is 0 Å². The molecule has 0 spiro atoms. The average Bonchev–Trinajstić information content (AvgIpc) is 3.10. The highest BCUT2D eigenvalue weighted by Gasteiger charge is 2.47. The van der Waals surface area contributed by atoms with Crippen molar-refractivity contribution in [2.75, 3.05) is 18.0 Å². The number of amides is 1. The predicted molar refractivity (Wildman–Crippen MR) is 87.8 cm³/mol. The summed E-state index contributed by atoms with van der Waals surface area (Å²) in [5.41, 5.74) is 1.24. The SMILES string of the molecule is O=C(c1ccc(F)cc1)N1C2CC1CN(c1ccc3nncn3n1)C2. The molecule has 0 saturated carbocycles. The van der Waals surface area contributed by atoms with E-state index >= 15 is 0 Å². The van der Waals surface area contributed by atoms with Crippen LogP contribution in [0.1, 0.15) is 16.8 Å². The van der Waals surface area contributed by atoms with Gasteiger partial charge in [-0.25, -0.2) is 4.39 Å². The fourth-order valence-corrected chi connectivity index (χ4v) is 3.76. The number of rotatable bonds is 2. The van der Waals surface area contributed by atoms with E-state index in [0.717, 1.165) is 25.3 Å². The van der Waals surface area contributed by atoms with Crippen molar-refractivity contribution in [2.45, 2.75) is 18.5 Å². The Balaban J connectivity index is 1.34. The molecule has 3 fully saturated rings. The molecule has 5 heterocycles. The summed E-state index contributed by atoms with van der Waals surface area (Å²) < 4.78 is 14.7. The zero-order valence-corrected chi connectivity index (χ0v) is 13.3. The van der Waals surface area contributed by atoms with Crippen molar-refractivity contribution in [3.05, 3.63) is 54.1 Å². The minimum Gasteiger partial charge on any atom is -0.351 e. The molecule has 1 amide bonds. The average molecular weight is 338 g/mol. The summed E-state index contributed by atoms with van der Waals surface area (Å²) in [4.78, 5) is 16.8. The van der Waals surface area contributed by atoms with Crippen LogP contribution in [0.25, 0.3) is 5.65 Å². The molecule has 1 aromatic carbocycles. The molecule has 7 nitrogen and oxygen atoms in total. The van der Waals surface area contributed by atoms with E-state index in [1.807, 2.05) is 17.0 Å². The molecule has 126 valence electrons. The van der Waals surface area contributed by atoms with Crippen molar-refractivity contribution in [3.63, 3.8) is 0 Å². The van der Waals surface area contributed by atoms with Crippen LogP contribution in [0.15, 0.2) is 42.7 Å². The summed E-state index contributed by atoms with van der Waals surface area (Å²) in [7, 11) is 0. The van der Waals surface area contributed by atoms with Crippen LogP contribution in [0.4, 0.5) is 10.2 Å². The zero-order valence-electron chi connectivity index (χ0n) is 13.3. The van der Waals surface area contributed by atoms with Crippen LogP contribution in [0.3, 0.4) is 0 Å². The third kappa shape index (κ3) is 2.25. The number of aromatic nitrogens is 4. The van der Waals surface area contributed by atoms with E-state index in [4.69, 9.17) is 0 Å². The first-order chi connectivity index (χ1) is 12.2. The molecule has 0 N–H and O–H groups in total. The highest BCUT2D eigenvalue weighted by Crippen LogP contribution is 2.35. The van der Waals surface area contributed by atoms with Gasteiger partial charge in [0.05, 0.1) is 12.1 Å². The highest BCUT2D eigenvalue weighted by molar-refractivity contribution is 5.95. The summed E-state index contributed by atoms with van der Waals surface area (Å²) in [5.74, 6) is 0.501. The van der Waals surface area contributed by atoms with Crippen molar-refractivity contribution in [2.24, 2.45) is 0 Å². The molecule has 3 aliphatic heterocycles. The molecule has 0 aliphatic carbocycles. The molecular weight excluding hydrogens is 323 g/mol. The molecule has 2 bridgehead atoms. The van der Waals surface area contributed by atoms with Gasteiger partial charge < -0.3 is 9.80 Å². The van der Waals surface area contributed by atoms with E-state index in [2.05, 4.69) is 20.2 Å².